The number of rotatable bonds is 6. The number of carboxylic acid groups (broad SMARTS) is 1. The highest BCUT2D eigenvalue weighted by molar-refractivity contribution is 7.16. The second kappa shape index (κ2) is 10.1. The number of piperidine rings is 1. The Morgan fingerprint density at radius 3 is 2.75 bits per heavy atom. The predicted octanol–water partition coefficient (Wildman–Crippen LogP) is 3.36. The van der Waals surface area contributed by atoms with Crippen LogP contribution < -0.4 is 10.6 Å². The van der Waals surface area contributed by atoms with Gasteiger partial charge in [-0.2, -0.15) is 5.10 Å². The molecule has 0 spiro atoms. The lowest BCUT2D eigenvalue weighted by Gasteiger charge is -2.31. The fraction of sp³-hybridized carbons (Fsp3) is 0.450. The summed E-state index contributed by atoms with van der Waals surface area (Å²) in [6.07, 6.45) is 4.61. The van der Waals surface area contributed by atoms with Gasteiger partial charge < -0.3 is 20.6 Å². The standard InChI is InChI=1S/C20H25N7O3S.ClH/c1-3-12(2)22-16-10-15(18(28)26-6-4-13(5-7-26)23-20(29)30)24-17(25-16)14-11-21-27-8-9-31-19(14)27;/h8-13,23H,3-7H2,1-2H3,(H,29,30)(H,22,24,25);1H/t12-;/m0./s1. The molecule has 10 nitrogen and oxygen atoms in total. The van der Waals surface area contributed by atoms with E-state index >= 15 is 0 Å². The van der Waals surface area contributed by atoms with Crippen LogP contribution in [0.3, 0.4) is 0 Å². The van der Waals surface area contributed by atoms with Gasteiger partial charge in [0.25, 0.3) is 5.91 Å². The minimum atomic E-state index is -1.04. The molecule has 0 radical (unpaired) electrons. The Hall–Kier alpha value is -2.92. The number of carbonyl (C=O) groups excluding carboxylic acids is 1. The molecule has 32 heavy (non-hydrogen) atoms. The SMILES string of the molecule is CC[C@H](C)Nc1cc(C(=O)N2CCC(NC(=O)O)CC2)nc(-c2cnn3ccsc23)n1.Cl. The smallest absolute Gasteiger partial charge is 0.404 e. The van der Waals surface area contributed by atoms with Crippen LogP contribution in [-0.2, 0) is 0 Å². The van der Waals surface area contributed by atoms with E-state index in [1.54, 1.807) is 21.7 Å². The first kappa shape index (κ1) is 23.7. The maximum Gasteiger partial charge on any atom is 0.404 e. The Morgan fingerprint density at radius 2 is 2.06 bits per heavy atom. The summed E-state index contributed by atoms with van der Waals surface area (Å²) in [5.41, 5.74) is 1.09. The van der Waals surface area contributed by atoms with Gasteiger partial charge in [-0.15, -0.1) is 23.7 Å². The fourth-order valence-electron chi connectivity index (χ4n) is 3.55. The van der Waals surface area contributed by atoms with E-state index in [4.69, 9.17) is 5.11 Å². The molecule has 0 aromatic carbocycles. The van der Waals surface area contributed by atoms with Crippen molar-refractivity contribution in [1.82, 2.24) is 29.8 Å². The Bertz CT molecular complexity index is 1090. The molecule has 3 aromatic heterocycles. The van der Waals surface area contributed by atoms with E-state index < -0.39 is 6.09 Å². The van der Waals surface area contributed by atoms with Crippen LogP contribution in [0, 0.1) is 0 Å². The van der Waals surface area contributed by atoms with Gasteiger partial charge in [0.15, 0.2) is 5.82 Å². The normalized spacial score (nSPS) is 15.2. The van der Waals surface area contributed by atoms with Crippen LogP contribution in [0.25, 0.3) is 16.2 Å². The Kier molecular flexibility index (Phi) is 7.52. The molecule has 0 bridgehead atoms. The molecule has 1 fully saturated rings. The molecule has 4 rings (SSSR count). The van der Waals surface area contributed by atoms with Gasteiger partial charge in [0.2, 0.25) is 0 Å². The lowest BCUT2D eigenvalue weighted by molar-refractivity contribution is 0.0700. The van der Waals surface area contributed by atoms with Gasteiger partial charge in [-0.25, -0.2) is 19.3 Å². The van der Waals surface area contributed by atoms with E-state index in [0.717, 1.165) is 16.8 Å². The quantitative estimate of drug-likeness (QED) is 0.495. The number of hydrogen-bond donors (Lipinski definition) is 3. The van der Waals surface area contributed by atoms with Crippen molar-refractivity contribution in [3.8, 4) is 11.4 Å². The molecule has 1 aliphatic heterocycles. The van der Waals surface area contributed by atoms with Crippen molar-refractivity contribution in [1.29, 1.82) is 0 Å². The van der Waals surface area contributed by atoms with E-state index in [1.807, 2.05) is 11.6 Å². The summed E-state index contributed by atoms with van der Waals surface area (Å²) >= 11 is 1.54. The van der Waals surface area contributed by atoms with E-state index in [-0.39, 0.29) is 30.4 Å². The third-order valence-corrected chi connectivity index (χ3v) is 6.32. The van der Waals surface area contributed by atoms with Crippen LogP contribution in [-0.4, -0.2) is 66.8 Å². The number of aromatic nitrogens is 4. The van der Waals surface area contributed by atoms with Crippen LogP contribution in [0.5, 0.6) is 0 Å². The number of amides is 2. The topological polar surface area (TPSA) is 125 Å². The number of anilines is 1. The van der Waals surface area contributed by atoms with Crippen LogP contribution in [0.15, 0.2) is 23.8 Å². The van der Waals surface area contributed by atoms with E-state index in [1.165, 1.54) is 11.3 Å². The van der Waals surface area contributed by atoms with Gasteiger partial charge in [-0.3, -0.25) is 4.79 Å². The molecule has 1 atom stereocenters. The number of nitrogens with zero attached hydrogens (tertiary/aromatic N) is 5. The number of fused-ring (bicyclic) bond motifs is 1. The van der Waals surface area contributed by atoms with Crippen molar-refractivity contribution >= 4 is 46.4 Å². The molecular weight excluding hydrogens is 454 g/mol. The Labute approximate surface area is 195 Å². The summed E-state index contributed by atoms with van der Waals surface area (Å²) in [5.74, 6) is 0.872. The average Bonchev–Trinajstić information content (AvgIpc) is 3.37. The molecule has 1 aliphatic rings. The van der Waals surface area contributed by atoms with Crippen LogP contribution in [0.1, 0.15) is 43.6 Å². The highest BCUT2D eigenvalue weighted by Gasteiger charge is 2.26. The zero-order valence-electron chi connectivity index (χ0n) is 17.8. The van der Waals surface area contributed by atoms with Crippen molar-refractivity contribution < 1.29 is 14.7 Å². The summed E-state index contributed by atoms with van der Waals surface area (Å²) in [5, 5.41) is 21.0. The first-order chi connectivity index (χ1) is 14.9. The Morgan fingerprint density at radius 1 is 1.31 bits per heavy atom. The number of hydrogen-bond acceptors (Lipinski definition) is 7. The fourth-order valence-corrected chi connectivity index (χ4v) is 4.34. The van der Waals surface area contributed by atoms with E-state index in [9.17, 15) is 9.59 Å². The third kappa shape index (κ3) is 5.10. The summed E-state index contributed by atoms with van der Waals surface area (Å²) in [6.45, 7) is 5.08. The van der Waals surface area contributed by atoms with Crippen molar-refractivity contribution in [2.24, 2.45) is 0 Å². The van der Waals surface area contributed by atoms with Gasteiger partial charge in [0, 0.05) is 42.8 Å². The third-order valence-electron chi connectivity index (χ3n) is 5.43. The van der Waals surface area contributed by atoms with Crippen LogP contribution in [0.4, 0.5) is 10.6 Å². The minimum Gasteiger partial charge on any atom is -0.465 e. The van der Waals surface area contributed by atoms with Gasteiger partial charge in [-0.05, 0) is 26.2 Å². The van der Waals surface area contributed by atoms with Crippen molar-refractivity contribution in [3.05, 3.63) is 29.5 Å². The lowest BCUT2D eigenvalue weighted by Crippen LogP contribution is -2.46. The van der Waals surface area contributed by atoms with Gasteiger partial charge in [0.1, 0.15) is 16.3 Å². The summed E-state index contributed by atoms with van der Waals surface area (Å²) in [4.78, 5) is 36.0. The molecule has 1 saturated heterocycles. The molecule has 0 aliphatic carbocycles. The highest BCUT2D eigenvalue weighted by Crippen LogP contribution is 2.27. The predicted molar refractivity (Wildman–Crippen MR) is 125 cm³/mol. The molecule has 172 valence electrons. The monoisotopic (exact) mass is 479 g/mol. The molecule has 2 amide bonds. The first-order valence-corrected chi connectivity index (χ1v) is 11.2. The van der Waals surface area contributed by atoms with Gasteiger partial charge in [-0.1, -0.05) is 6.92 Å². The number of halogens is 1. The second-order valence-corrected chi connectivity index (χ2v) is 8.54. The average molecular weight is 480 g/mol. The van der Waals surface area contributed by atoms with Crippen LogP contribution in [0.2, 0.25) is 0 Å². The second-order valence-electron chi connectivity index (χ2n) is 7.64. The van der Waals surface area contributed by atoms with Gasteiger partial charge in [0.05, 0.1) is 11.8 Å². The summed E-state index contributed by atoms with van der Waals surface area (Å²) in [6, 6.07) is 1.75. The molecule has 12 heteroatoms. The molecular formula is C20H26ClN7O3S. The van der Waals surface area contributed by atoms with Crippen LogP contribution >= 0.6 is 23.7 Å². The van der Waals surface area contributed by atoms with E-state index in [2.05, 4.69) is 39.5 Å². The zero-order chi connectivity index (χ0) is 22.0. The molecule has 3 N–H and O–H groups in total. The first-order valence-electron chi connectivity index (χ1n) is 10.3. The number of thiazole rings is 1. The summed E-state index contributed by atoms with van der Waals surface area (Å²) < 4.78 is 1.76. The minimum absolute atomic E-state index is 0. The molecule has 0 saturated carbocycles. The number of carbonyl (C=O) groups is 2. The maximum absolute atomic E-state index is 13.2. The van der Waals surface area contributed by atoms with Crippen molar-refractivity contribution in [2.75, 3.05) is 18.4 Å². The lowest BCUT2D eigenvalue weighted by atomic mass is 10.0. The van der Waals surface area contributed by atoms with E-state index in [0.29, 0.717) is 43.3 Å². The van der Waals surface area contributed by atoms with Crippen molar-refractivity contribution in [3.63, 3.8) is 0 Å². The molecule has 4 heterocycles. The van der Waals surface area contributed by atoms with Crippen molar-refractivity contribution in [2.45, 2.75) is 45.2 Å². The zero-order valence-corrected chi connectivity index (χ0v) is 19.4. The largest absolute Gasteiger partial charge is 0.465 e. The highest BCUT2D eigenvalue weighted by atomic mass is 35.5. The Balaban J connectivity index is 0.00000289. The number of likely N-dealkylation sites (tertiary alicyclic amines) is 1. The van der Waals surface area contributed by atoms with Gasteiger partial charge >= 0.3 is 6.09 Å². The molecule has 0 unspecified atom stereocenters. The summed E-state index contributed by atoms with van der Waals surface area (Å²) in [7, 11) is 0. The molecule has 3 aromatic rings. The number of nitrogens with one attached hydrogen (secondary N) is 2. The maximum atomic E-state index is 13.2.